The van der Waals surface area contributed by atoms with Gasteiger partial charge in [-0.3, -0.25) is 0 Å². The number of phenols is 1. The van der Waals surface area contributed by atoms with Gasteiger partial charge < -0.3 is 20.7 Å². The number of methoxy groups -OCH3 is 1. The first kappa shape index (κ1) is 13.7. The predicted molar refractivity (Wildman–Crippen MR) is 70.6 cm³/mol. The van der Waals surface area contributed by atoms with Gasteiger partial charge >= 0.3 is 5.97 Å². The summed E-state index contributed by atoms with van der Waals surface area (Å²) in [5.74, 6) is -0.943. The maximum atomic E-state index is 11.1. The van der Waals surface area contributed by atoms with E-state index >= 15 is 0 Å². The van der Waals surface area contributed by atoms with Gasteiger partial charge in [0.25, 0.3) is 0 Å². The summed E-state index contributed by atoms with van der Waals surface area (Å²) in [5.41, 5.74) is 6.26. The van der Waals surface area contributed by atoms with E-state index < -0.39 is 11.5 Å². The van der Waals surface area contributed by atoms with Gasteiger partial charge in [-0.2, -0.15) is 0 Å². The number of ether oxygens (including phenoxy) is 1. The molecule has 0 bridgehead atoms. The standard InChI is InChI=1S/C14H19NO4/c1-19-11-8-9(13(17)18)7-10(12(11)16)14(15)5-3-2-4-6-14/h7-8,16H,2-6,15H2,1H3,(H,17,18). The van der Waals surface area contributed by atoms with Crippen LogP contribution in [0, 0.1) is 0 Å². The Bertz CT molecular complexity index is 492. The highest BCUT2D eigenvalue weighted by molar-refractivity contribution is 5.89. The van der Waals surface area contributed by atoms with Crippen molar-refractivity contribution in [2.24, 2.45) is 5.73 Å². The zero-order chi connectivity index (χ0) is 14.0. The second-order valence-electron chi connectivity index (χ2n) is 5.10. The third kappa shape index (κ3) is 2.51. The summed E-state index contributed by atoms with van der Waals surface area (Å²) in [7, 11) is 1.40. The van der Waals surface area contributed by atoms with Gasteiger partial charge in [-0.15, -0.1) is 0 Å². The van der Waals surface area contributed by atoms with Crippen molar-refractivity contribution >= 4 is 5.97 Å². The summed E-state index contributed by atoms with van der Waals surface area (Å²) in [4.78, 5) is 11.1. The molecule has 1 aromatic rings. The van der Waals surface area contributed by atoms with Gasteiger partial charge in [-0.1, -0.05) is 19.3 Å². The number of carboxylic acids is 1. The molecule has 0 aliphatic heterocycles. The zero-order valence-corrected chi connectivity index (χ0v) is 11.0. The van der Waals surface area contributed by atoms with E-state index in [2.05, 4.69) is 0 Å². The van der Waals surface area contributed by atoms with Crippen molar-refractivity contribution in [1.82, 2.24) is 0 Å². The lowest BCUT2D eigenvalue weighted by Crippen LogP contribution is -2.38. The van der Waals surface area contributed by atoms with Crippen molar-refractivity contribution in [2.75, 3.05) is 7.11 Å². The molecule has 2 rings (SSSR count). The summed E-state index contributed by atoms with van der Waals surface area (Å²) < 4.78 is 5.04. The Hall–Kier alpha value is -1.75. The van der Waals surface area contributed by atoms with Crippen LogP contribution in [0.2, 0.25) is 0 Å². The van der Waals surface area contributed by atoms with Gasteiger partial charge in [0.1, 0.15) is 0 Å². The third-order valence-electron chi connectivity index (χ3n) is 3.82. The van der Waals surface area contributed by atoms with Crippen LogP contribution in [0.5, 0.6) is 11.5 Å². The molecular formula is C14H19NO4. The molecular weight excluding hydrogens is 246 g/mol. The van der Waals surface area contributed by atoms with Gasteiger partial charge in [0.2, 0.25) is 0 Å². The smallest absolute Gasteiger partial charge is 0.335 e. The average molecular weight is 265 g/mol. The molecule has 19 heavy (non-hydrogen) atoms. The van der Waals surface area contributed by atoms with Crippen LogP contribution in [0.15, 0.2) is 12.1 Å². The number of nitrogens with two attached hydrogens (primary N) is 1. The van der Waals surface area contributed by atoms with Crippen LogP contribution < -0.4 is 10.5 Å². The van der Waals surface area contributed by atoms with Crippen LogP contribution in [-0.2, 0) is 5.54 Å². The fraction of sp³-hybridized carbons (Fsp3) is 0.500. The van der Waals surface area contributed by atoms with Gasteiger partial charge in [0.15, 0.2) is 11.5 Å². The molecule has 0 unspecified atom stereocenters. The van der Waals surface area contributed by atoms with Gasteiger partial charge in [0.05, 0.1) is 12.7 Å². The number of carbonyl (C=O) groups is 1. The normalized spacial score (nSPS) is 18.0. The van der Waals surface area contributed by atoms with E-state index in [0.29, 0.717) is 5.56 Å². The van der Waals surface area contributed by atoms with Gasteiger partial charge in [-0.05, 0) is 25.0 Å². The minimum atomic E-state index is -1.06. The van der Waals surface area contributed by atoms with Crippen LogP contribution in [0.4, 0.5) is 0 Å². The van der Waals surface area contributed by atoms with E-state index in [-0.39, 0.29) is 17.1 Å². The molecule has 0 atom stereocenters. The van der Waals surface area contributed by atoms with Crippen LogP contribution in [0.25, 0.3) is 0 Å². The van der Waals surface area contributed by atoms with E-state index in [0.717, 1.165) is 32.1 Å². The molecule has 4 N–H and O–H groups in total. The number of aromatic hydroxyl groups is 1. The highest BCUT2D eigenvalue weighted by Gasteiger charge is 2.33. The number of hydrogen-bond donors (Lipinski definition) is 3. The molecule has 1 saturated carbocycles. The molecule has 1 aliphatic carbocycles. The van der Waals surface area contributed by atoms with Crippen LogP contribution in [-0.4, -0.2) is 23.3 Å². The second kappa shape index (κ2) is 5.09. The van der Waals surface area contributed by atoms with Crippen molar-refractivity contribution in [3.63, 3.8) is 0 Å². The first-order valence-electron chi connectivity index (χ1n) is 6.41. The van der Waals surface area contributed by atoms with E-state index in [9.17, 15) is 9.90 Å². The molecule has 1 aromatic carbocycles. The Labute approximate surface area is 112 Å². The number of hydrogen-bond acceptors (Lipinski definition) is 4. The topological polar surface area (TPSA) is 92.8 Å². The highest BCUT2D eigenvalue weighted by Crippen LogP contribution is 2.43. The third-order valence-corrected chi connectivity index (χ3v) is 3.82. The van der Waals surface area contributed by atoms with Crippen molar-refractivity contribution in [2.45, 2.75) is 37.6 Å². The van der Waals surface area contributed by atoms with Crippen molar-refractivity contribution < 1.29 is 19.7 Å². The summed E-state index contributed by atoms with van der Waals surface area (Å²) in [6.07, 6.45) is 4.57. The second-order valence-corrected chi connectivity index (χ2v) is 5.10. The van der Waals surface area contributed by atoms with Crippen molar-refractivity contribution in [3.05, 3.63) is 23.3 Å². The number of phenolic OH excluding ortho intramolecular Hbond substituents is 1. The Balaban J connectivity index is 2.54. The van der Waals surface area contributed by atoms with E-state index in [1.165, 1.54) is 19.2 Å². The Morgan fingerprint density at radius 3 is 2.47 bits per heavy atom. The zero-order valence-electron chi connectivity index (χ0n) is 11.0. The van der Waals surface area contributed by atoms with Crippen LogP contribution in [0.3, 0.4) is 0 Å². The molecule has 0 heterocycles. The summed E-state index contributed by atoms with van der Waals surface area (Å²) in [6, 6.07) is 2.78. The molecule has 104 valence electrons. The Kier molecular flexibility index (Phi) is 3.66. The van der Waals surface area contributed by atoms with Crippen LogP contribution >= 0.6 is 0 Å². The fourth-order valence-corrected chi connectivity index (χ4v) is 2.72. The molecule has 0 spiro atoms. The maximum Gasteiger partial charge on any atom is 0.335 e. The minimum absolute atomic E-state index is 0.0445. The quantitative estimate of drug-likeness (QED) is 0.779. The SMILES string of the molecule is COc1cc(C(=O)O)cc(C2(N)CCCCC2)c1O. The number of rotatable bonds is 3. The first-order valence-corrected chi connectivity index (χ1v) is 6.41. The maximum absolute atomic E-state index is 11.1. The lowest BCUT2D eigenvalue weighted by Gasteiger charge is -2.34. The number of aromatic carboxylic acids is 1. The highest BCUT2D eigenvalue weighted by atomic mass is 16.5. The van der Waals surface area contributed by atoms with E-state index in [1.54, 1.807) is 0 Å². The molecule has 0 radical (unpaired) electrons. The summed E-state index contributed by atoms with van der Waals surface area (Å²) in [6.45, 7) is 0. The molecule has 5 heteroatoms. The number of benzene rings is 1. The summed E-state index contributed by atoms with van der Waals surface area (Å²) >= 11 is 0. The van der Waals surface area contributed by atoms with Crippen molar-refractivity contribution in [1.29, 1.82) is 0 Å². The molecule has 0 amide bonds. The predicted octanol–water partition coefficient (Wildman–Crippen LogP) is 2.22. The van der Waals surface area contributed by atoms with Crippen LogP contribution in [0.1, 0.15) is 48.0 Å². The van der Waals surface area contributed by atoms with Crippen molar-refractivity contribution in [3.8, 4) is 11.5 Å². The first-order chi connectivity index (χ1) is 8.98. The Morgan fingerprint density at radius 1 is 1.32 bits per heavy atom. The lowest BCUT2D eigenvalue weighted by atomic mass is 9.76. The van der Waals surface area contributed by atoms with Gasteiger partial charge in [-0.25, -0.2) is 4.79 Å². The summed E-state index contributed by atoms with van der Waals surface area (Å²) in [5, 5.41) is 19.3. The Morgan fingerprint density at radius 2 is 1.95 bits per heavy atom. The molecule has 0 saturated heterocycles. The average Bonchev–Trinajstić information content (AvgIpc) is 2.39. The minimum Gasteiger partial charge on any atom is -0.504 e. The molecule has 0 aromatic heterocycles. The van der Waals surface area contributed by atoms with E-state index in [1.807, 2.05) is 0 Å². The molecule has 1 aliphatic rings. The largest absolute Gasteiger partial charge is 0.504 e. The molecule has 1 fully saturated rings. The fourth-order valence-electron chi connectivity index (χ4n) is 2.72. The lowest BCUT2D eigenvalue weighted by molar-refractivity contribution is 0.0696. The van der Waals surface area contributed by atoms with Gasteiger partial charge in [0, 0.05) is 11.1 Å². The number of carboxylic acid groups (broad SMARTS) is 1. The monoisotopic (exact) mass is 265 g/mol. The molecule has 5 nitrogen and oxygen atoms in total. The van der Waals surface area contributed by atoms with E-state index in [4.69, 9.17) is 15.6 Å².